The first-order valence-corrected chi connectivity index (χ1v) is 7.71. The monoisotopic (exact) mass is 335 g/mol. The minimum absolute atomic E-state index is 0.0374. The van der Waals surface area contributed by atoms with Crippen molar-refractivity contribution in [1.82, 2.24) is 5.32 Å². The van der Waals surface area contributed by atoms with Crippen molar-refractivity contribution >= 4 is 29.3 Å². The second kappa shape index (κ2) is 6.46. The maximum absolute atomic E-state index is 12.6. The Morgan fingerprint density at radius 1 is 1.42 bits per heavy atom. The summed E-state index contributed by atoms with van der Waals surface area (Å²) in [5.74, 6) is -0.333. The van der Waals surface area contributed by atoms with Crippen LogP contribution in [0.2, 0.25) is 0 Å². The van der Waals surface area contributed by atoms with Crippen LogP contribution in [0.5, 0.6) is 0 Å². The molecular weight excluding hydrogens is 317 g/mol. The highest BCUT2D eigenvalue weighted by Crippen LogP contribution is 2.33. The minimum Gasteiger partial charge on any atom is -0.442 e. The van der Waals surface area contributed by atoms with E-state index < -0.39 is 18.9 Å². The molecule has 0 bridgehead atoms. The zero-order valence-corrected chi connectivity index (χ0v) is 13.3. The molecule has 3 rings (SSSR count). The van der Waals surface area contributed by atoms with Crippen molar-refractivity contribution in [3.8, 4) is 0 Å². The van der Waals surface area contributed by atoms with E-state index in [0.717, 1.165) is 5.56 Å². The van der Waals surface area contributed by atoms with Gasteiger partial charge in [-0.25, -0.2) is 9.18 Å². The lowest BCUT2D eigenvalue weighted by Gasteiger charge is -2.17. The summed E-state index contributed by atoms with van der Waals surface area (Å²) in [5, 5.41) is 2.62. The molecule has 24 heavy (non-hydrogen) atoms. The summed E-state index contributed by atoms with van der Waals surface area (Å²) in [6.45, 7) is 1.41. The van der Waals surface area contributed by atoms with Crippen molar-refractivity contribution in [1.29, 1.82) is 0 Å². The summed E-state index contributed by atoms with van der Waals surface area (Å²) in [7, 11) is 0. The lowest BCUT2D eigenvalue weighted by Crippen LogP contribution is -2.33. The molecule has 1 unspecified atom stereocenters. The molecule has 3 amide bonds. The molecular formula is C16H18FN3O4. The summed E-state index contributed by atoms with van der Waals surface area (Å²) >= 11 is 0. The van der Waals surface area contributed by atoms with Gasteiger partial charge in [0.2, 0.25) is 11.8 Å². The number of hydrogen-bond acceptors (Lipinski definition) is 4. The van der Waals surface area contributed by atoms with E-state index in [-0.39, 0.29) is 31.3 Å². The summed E-state index contributed by atoms with van der Waals surface area (Å²) in [4.78, 5) is 37.8. The Bertz CT molecular complexity index is 694. The van der Waals surface area contributed by atoms with Crippen LogP contribution in [0.25, 0.3) is 0 Å². The highest BCUT2D eigenvalue weighted by Gasteiger charge is 2.34. The Morgan fingerprint density at radius 3 is 2.92 bits per heavy atom. The summed E-state index contributed by atoms with van der Waals surface area (Å²) in [6, 6.07) is 5.19. The van der Waals surface area contributed by atoms with Gasteiger partial charge in [0.25, 0.3) is 0 Å². The van der Waals surface area contributed by atoms with Crippen LogP contribution < -0.4 is 15.1 Å². The van der Waals surface area contributed by atoms with E-state index >= 15 is 0 Å². The third-order valence-corrected chi connectivity index (χ3v) is 4.07. The normalized spacial score (nSPS) is 19.5. The summed E-state index contributed by atoms with van der Waals surface area (Å²) in [6.07, 6.45) is -0.712. The molecule has 1 fully saturated rings. The molecule has 1 saturated heterocycles. The zero-order chi connectivity index (χ0) is 17.3. The van der Waals surface area contributed by atoms with Gasteiger partial charge in [-0.1, -0.05) is 0 Å². The van der Waals surface area contributed by atoms with E-state index in [4.69, 9.17) is 4.74 Å². The summed E-state index contributed by atoms with van der Waals surface area (Å²) < 4.78 is 17.8. The van der Waals surface area contributed by atoms with Crippen LogP contribution in [0.3, 0.4) is 0 Å². The fourth-order valence-electron chi connectivity index (χ4n) is 2.96. The van der Waals surface area contributed by atoms with Gasteiger partial charge in [-0.05, 0) is 23.8 Å². The van der Waals surface area contributed by atoms with Crippen LogP contribution in [0, 0.1) is 0 Å². The number of nitrogens with zero attached hydrogens (tertiary/aromatic N) is 2. The van der Waals surface area contributed by atoms with Crippen molar-refractivity contribution in [3.63, 3.8) is 0 Å². The largest absolute Gasteiger partial charge is 0.442 e. The van der Waals surface area contributed by atoms with Crippen LogP contribution in [-0.4, -0.2) is 50.3 Å². The number of hydrogen-bond donors (Lipinski definition) is 1. The van der Waals surface area contributed by atoms with Gasteiger partial charge in [-0.2, -0.15) is 0 Å². The lowest BCUT2D eigenvalue weighted by atomic mass is 10.1. The third kappa shape index (κ3) is 3.04. The number of carbonyl (C=O) groups is 3. The maximum Gasteiger partial charge on any atom is 0.414 e. The number of cyclic esters (lactones) is 1. The number of nitrogens with one attached hydrogen (secondary N) is 1. The van der Waals surface area contributed by atoms with Crippen molar-refractivity contribution in [2.75, 3.05) is 36.1 Å². The van der Waals surface area contributed by atoms with Gasteiger partial charge in [-0.15, -0.1) is 0 Å². The first-order chi connectivity index (χ1) is 11.5. The molecule has 0 aliphatic carbocycles. The topological polar surface area (TPSA) is 79.0 Å². The summed E-state index contributed by atoms with van der Waals surface area (Å²) in [5.41, 5.74) is 2.08. The van der Waals surface area contributed by atoms with Crippen LogP contribution in [0.1, 0.15) is 12.5 Å². The molecule has 1 atom stereocenters. The van der Waals surface area contributed by atoms with E-state index in [1.165, 1.54) is 16.7 Å². The molecule has 8 heteroatoms. The fraction of sp³-hybridized carbons (Fsp3) is 0.438. The lowest BCUT2D eigenvalue weighted by molar-refractivity contribution is -0.119. The van der Waals surface area contributed by atoms with Gasteiger partial charge in [0.15, 0.2) is 0 Å². The molecule has 2 heterocycles. The fourth-order valence-corrected chi connectivity index (χ4v) is 2.96. The second-order valence-electron chi connectivity index (χ2n) is 5.78. The van der Waals surface area contributed by atoms with Gasteiger partial charge in [-0.3, -0.25) is 14.5 Å². The molecule has 0 radical (unpaired) electrons. The molecule has 2 aliphatic heterocycles. The van der Waals surface area contributed by atoms with Crippen molar-refractivity contribution in [2.24, 2.45) is 0 Å². The Hall–Kier alpha value is -2.64. The minimum atomic E-state index is -0.601. The van der Waals surface area contributed by atoms with E-state index in [1.54, 1.807) is 18.2 Å². The van der Waals surface area contributed by atoms with Crippen molar-refractivity contribution in [3.05, 3.63) is 23.8 Å². The number of alkyl halides is 1. The number of ether oxygens (including phenoxy) is 1. The highest BCUT2D eigenvalue weighted by molar-refractivity contribution is 6.02. The van der Waals surface area contributed by atoms with E-state index in [1.807, 2.05) is 0 Å². The standard InChI is InChI=1S/C16H18FN3O4/c1-10(21)18-8-13-9-20(16(23)24-13)12-2-3-14-11(6-12)7-15(22)19(14)5-4-17/h2-3,6,13H,4-5,7-9H2,1H3,(H,18,21). The molecule has 1 N–H and O–H groups in total. The molecule has 1 aromatic carbocycles. The number of fused-ring (bicyclic) bond motifs is 1. The van der Waals surface area contributed by atoms with Crippen LogP contribution in [-0.2, 0) is 20.7 Å². The number of rotatable bonds is 5. The number of benzene rings is 1. The first kappa shape index (κ1) is 16.2. The average molecular weight is 335 g/mol. The van der Waals surface area contributed by atoms with Crippen molar-refractivity contribution < 1.29 is 23.5 Å². The maximum atomic E-state index is 12.6. The van der Waals surface area contributed by atoms with Gasteiger partial charge in [0.05, 0.1) is 26.1 Å². The molecule has 128 valence electrons. The van der Waals surface area contributed by atoms with Gasteiger partial charge >= 0.3 is 6.09 Å². The Kier molecular flexibility index (Phi) is 4.37. The number of carbonyl (C=O) groups excluding carboxylic acids is 3. The van der Waals surface area contributed by atoms with E-state index in [9.17, 15) is 18.8 Å². The number of anilines is 2. The number of halogens is 1. The molecule has 0 spiro atoms. The smallest absolute Gasteiger partial charge is 0.414 e. The molecule has 7 nitrogen and oxygen atoms in total. The quantitative estimate of drug-likeness (QED) is 0.871. The molecule has 2 aliphatic rings. The van der Waals surface area contributed by atoms with Gasteiger partial charge in [0.1, 0.15) is 12.8 Å². The van der Waals surface area contributed by atoms with Crippen LogP contribution in [0.15, 0.2) is 18.2 Å². The molecule has 1 aromatic rings. The Labute approximate surface area is 138 Å². The van der Waals surface area contributed by atoms with Crippen LogP contribution >= 0.6 is 0 Å². The second-order valence-corrected chi connectivity index (χ2v) is 5.78. The third-order valence-electron chi connectivity index (χ3n) is 4.07. The van der Waals surface area contributed by atoms with E-state index in [2.05, 4.69) is 5.32 Å². The molecule has 0 saturated carbocycles. The Balaban J connectivity index is 1.75. The van der Waals surface area contributed by atoms with Gasteiger partial charge in [0, 0.05) is 18.3 Å². The van der Waals surface area contributed by atoms with Crippen molar-refractivity contribution in [2.45, 2.75) is 19.4 Å². The molecule has 0 aromatic heterocycles. The SMILES string of the molecule is CC(=O)NCC1CN(c2ccc3c(c2)CC(=O)N3CCF)C(=O)O1. The average Bonchev–Trinajstić information content (AvgIpc) is 3.05. The van der Waals surface area contributed by atoms with E-state index in [0.29, 0.717) is 17.9 Å². The predicted octanol–water partition coefficient (Wildman–Crippen LogP) is 1.01. The predicted molar refractivity (Wildman–Crippen MR) is 84.8 cm³/mol. The first-order valence-electron chi connectivity index (χ1n) is 7.71. The van der Waals surface area contributed by atoms with Gasteiger partial charge < -0.3 is 15.0 Å². The highest BCUT2D eigenvalue weighted by atomic mass is 19.1. The number of amides is 3. The zero-order valence-electron chi connectivity index (χ0n) is 13.3. The van der Waals surface area contributed by atoms with Crippen LogP contribution in [0.4, 0.5) is 20.6 Å². The Morgan fingerprint density at radius 2 is 2.21 bits per heavy atom.